The molecule has 0 fully saturated rings. The smallest absolute Gasteiger partial charge is 0.403 e. The maximum Gasteiger partial charge on any atom is 0.403 e. The van der Waals surface area contributed by atoms with E-state index in [1.807, 2.05) is 6.92 Å². The molecule has 0 saturated heterocycles. The van der Waals surface area contributed by atoms with E-state index in [4.69, 9.17) is 14.2 Å². The van der Waals surface area contributed by atoms with Gasteiger partial charge in [-0.15, -0.1) is 0 Å². The predicted octanol–water partition coefficient (Wildman–Crippen LogP) is 4.76. The minimum Gasteiger partial charge on any atom is -0.493 e. The number of carbonyl (C=O) groups is 1. The van der Waals surface area contributed by atoms with Crippen LogP contribution in [0.4, 0.5) is 17.6 Å². The molecule has 2 aromatic carbocycles. The Balaban J connectivity index is 1.73. The zero-order valence-corrected chi connectivity index (χ0v) is 23.3. The molecule has 0 bridgehead atoms. The number of benzene rings is 2. The molecule has 4 rings (SSSR count). The van der Waals surface area contributed by atoms with E-state index < -0.39 is 48.3 Å². The molecular weight excluding hydrogens is 560 g/mol. The summed E-state index contributed by atoms with van der Waals surface area (Å²) < 4.78 is 74.7. The molecule has 3 aromatic rings. The Labute approximate surface area is 240 Å². The van der Waals surface area contributed by atoms with Gasteiger partial charge in [-0.25, -0.2) is 9.37 Å². The average molecular weight is 593 g/mol. The topological polar surface area (TPSA) is 110 Å². The molecule has 2 unspecified atom stereocenters. The summed E-state index contributed by atoms with van der Waals surface area (Å²) in [6.45, 7) is 1.22. The number of aliphatic hydroxyl groups is 2. The highest BCUT2D eigenvalue weighted by Gasteiger charge is 2.57. The van der Waals surface area contributed by atoms with Crippen molar-refractivity contribution < 1.29 is 46.8 Å². The number of amides is 1. The first-order valence-electron chi connectivity index (χ1n) is 13.3. The Bertz CT molecular complexity index is 1410. The largest absolute Gasteiger partial charge is 0.493 e. The predicted molar refractivity (Wildman–Crippen MR) is 145 cm³/mol. The van der Waals surface area contributed by atoms with E-state index in [9.17, 15) is 32.6 Å². The first-order valence-corrected chi connectivity index (χ1v) is 13.3. The highest BCUT2D eigenvalue weighted by Crippen LogP contribution is 2.46. The summed E-state index contributed by atoms with van der Waals surface area (Å²) in [5, 5.41) is 22.0. The van der Waals surface area contributed by atoms with Crippen molar-refractivity contribution >= 4 is 5.91 Å². The molecule has 1 aromatic heterocycles. The van der Waals surface area contributed by atoms with Crippen LogP contribution in [0.25, 0.3) is 11.3 Å². The van der Waals surface area contributed by atoms with Crippen LogP contribution >= 0.6 is 0 Å². The normalized spacial score (nSPS) is 16.9. The minimum absolute atomic E-state index is 0.0160. The Morgan fingerprint density at radius 1 is 1.17 bits per heavy atom. The van der Waals surface area contributed by atoms with E-state index in [0.717, 1.165) is 0 Å². The van der Waals surface area contributed by atoms with E-state index in [1.54, 1.807) is 0 Å². The summed E-state index contributed by atoms with van der Waals surface area (Å²) in [7, 11) is 1.33. The standard InChI is InChI=1S/C30H32F4N2O6/c1-17-10-11-41-27-22(17)13-25(36-26(27)19-4-7-21(31)8-5-19)29(16-37,30(32,33)34)15-35-28(39)20-6-9-23(24(12-20)40-3)42-14-18(2)38/h4-9,12-13,17-18,37-38H,10-11,14-16H2,1-3H3,(H,35,39)/t17?,18-,29?/m1/s1. The van der Waals surface area contributed by atoms with Crippen LogP contribution in [0.3, 0.4) is 0 Å². The number of aliphatic hydroxyl groups excluding tert-OH is 2. The second kappa shape index (κ2) is 12.5. The van der Waals surface area contributed by atoms with Crippen LogP contribution in [0.15, 0.2) is 48.5 Å². The molecule has 0 saturated carbocycles. The first-order chi connectivity index (χ1) is 19.9. The lowest BCUT2D eigenvalue weighted by molar-refractivity contribution is -0.200. The van der Waals surface area contributed by atoms with Crippen LogP contribution in [0.2, 0.25) is 0 Å². The number of nitrogens with one attached hydrogen (secondary N) is 1. The van der Waals surface area contributed by atoms with E-state index in [1.165, 1.54) is 62.6 Å². The van der Waals surface area contributed by atoms with Gasteiger partial charge in [0.2, 0.25) is 0 Å². The lowest BCUT2D eigenvalue weighted by Crippen LogP contribution is -2.54. The van der Waals surface area contributed by atoms with Gasteiger partial charge in [-0.3, -0.25) is 4.79 Å². The first kappa shape index (κ1) is 31.0. The molecule has 1 amide bonds. The van der Waals surface area contributed by atoms with Gasteiger partial charge in [0, 0.05) is 23.2 Å². The van der Waals surface area contributed by atoms with Crippen molar-refractivity contribution in [3.8, 4) is 28.5 Å². The lowest BCUT2D eigenvalue weighted by atomic mass is 9.81. The molecular formula is C30H32F4N2O6. The average Bonchev–Trinajstić information content (AvgIpc) is 2.96. The molecule has 2 heterocycles. The van der Waals surface area contributed by atoms with Crippen LogP contribution in [0, 0.1) is 5.82 Å². The number of alkyl halides is 3. The van der Waals surface area contributed by atoms with E-state index in [-0.39, 0.29) is 35.3 Å². The number of rotatable bonds is 10. The van der Waals surface area contributed by atoms with Crippen LogP contribution in [0.1, 0.15) is 47.8 Å². The Kier molecular flexibility index (Phi) is 9.27. The Morgan fingerprint density at radius 3 is 2.50 bits per heavy atom. The van der Waals surface area contributed by atoms with Gasteiger partial charge >= 0.3 is 6.18 Å². The monoisotopic (exact) mass is 592 g/mol. The Morgan fingerprint density at radius 2 is 1.88 bits per heavy atom. The van der Waals surface area contributed by atoms with Gasteiger partial charge in [0.15, 0.2) is 11.5 Å². The maximum atomic E-state index is 14.9. The maximum absolute atomic E-state index is 14.9. The number of fused-ring (bicyclic) bond motifs is 1. The SMILES string of the molecule is COc1cc(C(=O)NCC(CO)(c2cc3c(c(-c4ccc(F)cc4)n2)OCCC3C)C(F)(F)F)ccc1OC[C@@H](C)O. The highest BCUT2D eigenvalue weighted by molar-refractivity contribution is 5.95. The van der Waals surface area contributed by atoms with Crippen molar-refractivity contribution in [1.82, 2.24) is 10.3 Å². The third-order valence-corrected chi connectivity index (χ3v) is 7.21. The van der Waals surface area contributed by atoms with E-state index >= 15 is 0 Å². The van der Waals surface area contributed by atoms with Crippen LogP contribution in [-0.2, 0) is 5.41 Å². The zero-order valence-electron chi connectivity index (χ0n) is 23.3. The number of ether oxygens (including phenoxy) is 3. The van der Waals surface area contributed by atoms with Crippen molar-refractivity contribution in [2.75, 3.05) is 33.5 Å². The van der Waals surface area contributed by atoms with Crippen LogP contribution in [0.5, 0.6) is 17.2 Å². The van der Waals surface area contributed by atoms with E-state index in [2.05, 4.69) is 10.3 Å². The van der Waals surface area contributed by atoms with Crippen molar-refractivity contribution in [3.63, 3.8) is 0 Å². The summed E-state index contributed by atoms with van der Waals surface area (Å²) in [4.78, 5) is 17.4. The van der Waals surface area contributed by atoms with Gasteiger partial charge < -0.3 is 29.7 Å². The molecule has 1 aliphatic rings. The molecule has 0 spiro atoms. The number of hydrogen-bond donors (Lipinski definition) is 3. The quantitative estimate of drug-likeness (QED) is 0.291. The molecule has 42 heavy (non-hydrogen) atoms. The number of halogens is 4. The second-order valence-corrected chi connectivity index (χ2v) is 10.3. The van der Waals surface area contributed by atoms with Gasteiger partial charge in [0.25, 0.3) is 5.91 Å². The van der Waals surface area contributed by atoms with Gasteiger partial charge in [-0.1, -0.05) is 6.92 Å². The minimum atomic E-state index is -5.04. The van der Waals surface area contributed by atoms with Crippen molar-refractivity contribution in [2.24, 2.45) is 0 Å². The molecule has 3 N–H and O–H groups in total. The van der Waals surface area contributed by atoms with Crippen LogP contribution < -0.4 is 19.5 Å². The number of carbonyl (C=O) groups excluding carboxylic acids is 1. The van der Waals surface area contributed by atoms with Gasteiger partial charge in [-0.05, 0) is 67.8 Å². The van der Waals surface area contributed by atoms with Gasteiger partial charge in [0.05, 0.1) is 32.1 Å². The van der Waals surface area contributed by atoms with Gasteiger partial charge in [0.1, 0.15) is 29.3 Å². The van der Waals surface area contributed by atoms with Crippen molar-refractivity contribution in [1.29, 1.82) is 0 Å². The summed E-state index contributed by atoms with van der Waals surface area (Å²) in [6, 6.07) is 10.4. The molecule has 0 aliphatic carbocycles. The molecule has 12 heteroatoms. The third kappa shape index (κ3) is 6.29. The lowest BCUT2D eigenvalue weighted by Gasteiger charge is -2.35. The molecule has 226 valence electrons. The highest BCUT2D eigenvalue weighted by atomic mass is 19.4. The van der Waals surface area contributed by atoms with Gasteiger partial charge in [-0.2, -0.15) is 13.2 Å². The molecule has 3 atom stereocenters. The second-order valence-electron chi connectivity index (χ2n) is 10.3. The molecule has 1 aliphatic heterocycles. The number of pyridine rings is 1. The number of methoxy groups -OCH3 is 1. The fourth-order valence-corrected chi connectivity index (χ4v) is 4.65. The summed E-state index contributed by atoms with van der Waals surface area (Å²) >= 11 is 0. The van der Waals surface area contributed by atoms with Crippen molar-refractivity contribution in [2.45, 2.75) is 43.9 Å². The fourth-order valence-electron chi connectivity index (χ4n) is 4.65. The summed E-state index contributed by atoms with van der Waals surface area (Å²) in [6.07, 6.45) is -5.25. The Hall–Kier alpha value is -3.90. The number of nitrogens with zero attached hydrogens (tertiary/aromatic N) is 1. The fraction of sp³-hybridized carbons (Fsp3) is 0.400. The summed E-state index contributed by atoms with van der Waals surface area (Å²) in [5.74, 6) is -0.895. The van der Waals surface area contributed by atoms with E-state index in [0.29, 0.717) is 29.9 Å². The molecule has 8 nitrogen and oxygen atoms in total. The van der Waals surface area contributed by atoms with Crippen LogP contribution in [-0.4, -0.2) is 66.9 Å². The summed E-state index contributed by atoms with van der Waals surface area (Å²) in [5.41, 5.74) is -2.61. The van der Waals surface area contributed by atoms with Crippen molar-refractivity contribution in [3.05, 3.63) is 71.2 Å². The molecule has 0 radical (unpaired) electrons. The zero-order chi connectivity index (χ0) is 30.7. The number of aromatic nitrogens is 1. The number of hydrogen-bond acceptors (Lipinski definition) is 7. The third-order valence-electron chi connectivity index (χ3n) is 7.21.